The van der Waals surface area contributed by atoms with Crippen molar-refractivity contribution in [2.45, 2.75) is 0 Å². The lowest BCUT2D eigenvalue weighted by atomic mass is 10.1. The Kier molecular flexibility index (Phi) is 2.93. The van der Waals surface area contributed by atoms with Gasteiger partial charge >= 0.3 is 0 Å². The van der Waals surface area contributed by atoms with E-state index in [-0.39, 0.29) is 97.6 Å². The van der Waals surface area contributed by atoms with E-state index in [1.54, 1.807) is 18.2 Å². The Labute approximate surface area is 276 Å². The molecule has 0 fully saturated rings. The summed E-state index contributed by atoms with van der Waals surface area (Å²) in [6.07, 6.45) is 0. The molecule has 10 rings (SSSR count). The quantitative estimate of drug-likeness (QED) is 0.205. The monoisotopic (exact) mass is 591 g/mol. The predicted octanol–water partition coefficient (Wildman–Crippen LogP) is 9.63. The van der Waals surface area contributed by atoms with Crippen molar-refractivity contribution in [3.8, 4) is 23.3 Å². The molecule has 45 heavy (non-hydrogen) atoms. The summed E-state index contributed by atoms with van der Waals surface area (Å²) in [5, 5.41) is 1.04. The van der Waals surface area contributed by atoms with Gasteiger partial charge in [-0.2, -0.15) is 15.0 Å². The summed E-state index contributed by atoms with van der Waals surface area (Å²) in [6, 6.07) is 7.88. The maximum atomic E-state index is 9.07. The van der Waals surface area contributed by atoms with Crippen LogP contribution in [0.1, 0.15) is 19.2 Å². The van der Waals surface area contributed by atoms with Gasteiger partial charge in [0, 0.05) is 37.9 Å². The zero-order chi connectivity index (χ0) is 41.7. The summed E-state index contributed by atoms with van der Waals surface area (Å²) >= 11 is 0. The van der Waals surface area contributed by atoms with Gasteiger partial charge in [-0.15, -0.1) is 0 Å². The van der Waals surface area contributed by atoms with Crippen molar-refractivity contribution >= 4 is 65.6 Å². The number of hydrogen-bond acceptors (Lipinski definition) is 4. The zero-order valence-corrected chi connectivity index (χ0v) is 22.8. The summed E-state index contributed by atoms with van der Waals surface area (Å²) in [4.78, 5) is 14.4. The fraction of sp³-hybridized carbons (Fsp3) is 0. The molecular formula is C39H23N5O. The molecule has 6 nitrogen and oxygen atoms in total. The van der Waals surface area contributed by atoms with Gasteiger partial charge in [0.25, 0.3) is 0 Å². The van der Waals surface area contributed by atoms with E-state index in [2.05, 4.69) is 0 Å². The third-order valence-corrected chi connectivity index (χ3v) is 7.81. The Balaban J connectivity index is 1.42. The molecule has 0 radical (unpaired) electrons. The van der Waals surface area contributed by atoms with Crippen LogP contribution in [0.15, 0.2) is 144 Å². The highest BCUT2D eigenvalue weighted by atomic mass is 16.3. The lowest BCUT2D eigenvalue weighted by molar-refractivity contribution is 0.669. The fourth-order valence-electron chi connectivity index (χ4n) is 5.88. The van der Waals surface area contributed by atoms with Crippen LogP contribution in [-0.4, -0.2) is 24.1 Å². The van der Waals surface area contributed by atoms with Gasteiger partial charge in [-0.05, 0) is 42.4 Å². The average molecular weight is 592 g/mol. The summed E-state index contributed by atoms with van der Waals surface area (Å²) in [5.41, 5.74) is 0.728. The first-order valence-corrected chi connectivity index (χ1v) is 13.8. The normalized spacial score (nSPS) is 16.4. The third kappa shape index (κ3) is 3.48. The van der Waals surface area contributed by atoms with E-state index >= 15 is 0 Å². The van der Waals surface area contributed by atoms with Gasteiger partial charge in [0.2, 0.25) is 11.9 Å². The molecule has 4 heterocycles. The van der Waals surface area contributed by atoms with Crippen LogP contribution in [0.25, 0.3) is 88.8 Å². The maximum absolute atomic E-state index is 9.07. The molecule has 6 aromatic carbocycles. The van der Waals surface area contributed by atoms with Crippen molar-refractivity contribution < 1.29 is 23.6 Å². The van der Waals surface area contributed by atoms with Crippen molar-refractivity contribution in [3.63, 3.8) is 0 Å². The smallest absolute Gasteiger partial charge is 0.240 e. The van der Waals surface area contributed by atoms with Crippen LogP contribution in [-0.2, 0) is 0 Å². The lowest BCUT2D eigenvalue weighted by Gasteiger charge is -2.12. The molecule has 0 aliphatic heterocycles. The molecule has 0 amide bonds. The summed E-state index contributed by atoms with van der Waals surface area (Å²) in [7, 11) is 0. The summed E-state index contributed by atoms with van der Waals surface area (Å²) in [5.74, 6) is -0.782. The highest BCUT2D eigenvalue weighted by Crippen LogP contribution is 2.35. The largest absolute Gasteiger partial charge is 0.456 e. The second-order valence-electron chi connectivity index (χ2n) is 10.2. The Morgan fingerprint density at radius 3 is 1.64 bits per heavy atom. The van der Waals surface area contributed by atoms with E-state index in [0.29, 0.717) is 16.7 Å². The molecular weight excluding hydrogens is 554 g/mol. The highest BCUT2D eigenvalue weighted by molar-refractivity contribution is 6.10. The number of aromatic nitrogens is 5. The molecule has 4 aromatic heterocycles. The molecule has 0 N–H and O–H groups in total. The molecule has 0 bridgehead atoms. The minimum atomic E-state index is -0.657. The number of nitrogens with zero attached hydrogens (tertiary/aromatic N) is 5. The molecule has 0 unspecified atom stereocenters. The average Bonchev–Trinajstić information content (AvgIpc) is 3.91. The maximum Gasteiger partial charge on any atom is 0.240 e. The van der Waals surface area contributed by atoms with Gasteiger partial charge in [0.15, 0.2) is 5.82 Å². The summed E-state index contributed by atoms with van der Waals surface area (Å²) < 4.78 is 131. The van der Waals surface area contributed by atoms with Gasteiger partial charge < -0.3 is 4.42 Å². The molecule has 0 saturated heterocycles. The van der Waals surface area contributed by atoms with Crippen molar-refractivity contribution in [3.05, 3.63) is 139 Å². The SMILES string of the molecule is [2H]c1cc([2H])c2c(c1[2H])c1c([2H])c([2H])cc([2H])c1n2-c1nc(-c2ccc3c(c2)oc2ccccc23)nc(-n2c3c([2H])c([2H])c([2H])c([2H])c3c3c([2H])c([2H])c([2H])c([2H])c32)n1. The first kappa shape index (κ1) is 14.5. The molecule has 0 atom stereocenters. The van der Waals surface area contributed by atoms with Crippen molar-refractivity contribution in [1.29, 1.82) is 0 Å². The van der Waals surface area contributed by atoms with Crippen LogP contribution >= 0.6 is 0 Å². The number of furan rings is 1. The molecule has 0 spiro atoms. The van der Waals surface area contributed by atoms with Crippen LogP contribution in [0.4, 0.5) is 0 Å². The topological polar surface area (TPSA) is 61.7 Å². The van der Waals surface area contributed by atoms with E-state index in [4.69, 9.17) is 38.6 Å². The van der Waals surface area contributed by atoms with Crippen LogP contribution in [0.2, 0.25) is 0 Å². The fourth-order valence-corrected chi connectivity index (χ4v) is 5.88. The molecule has 10 aromatic rings. The van der Waals surface area contributed by atoms with E-state index < -0.39 is 48.3 Å². The zero-order valence-electron chi connectivity index (χ0n) is 36.8. The number of benzene rings is 6. The van der Waals surface area contributed by atoms with Gasteiger partial charge in [0.1, 0.15) is 11.2 Å². The van der Waals surface area contributed by atoms with Crippen LogP contribution < -0.4 is 0 Å². The number of rotatable bonds is 3. The molecule has 0 aliphatic carbocycles. The molecule has 6 heteroatoms. The van der Waals surface area contributed by atoms with E-state index in [1.807, 2.05) is 24.3 Å². The van der Waals surface area contributed by atoms with Crippen molar-refractivity contribution in [1.82, 2.24) is 24.1 Å². The number of hydrogen-bond donors (Lipinski definition) is 0. The minimum Gasteiger partial charge on any atom is -0.456 e. The number of para-hydroxylation sites is 5. The Hall–Kier alpha value is -6.27. The molecule has 210 valence electrons. The highest BCUT2D eigenvalue weighted by Gasteiger charge is 2.20. The second-order valence-corrected chi connectivity index (χ2v) is 10.2. The van der Waals surface area contributed by atoms with Crippen molar-refractivity contribution in [2.24, 2.45) is 0 Å². The lowest BCUT2D eigenvalue weighted by Crippen LogP contribution is -2.10. The second kappa shape index (κ2) is 9.11. The first-order valence-electron chi connectivity index (χ1n) is 20.8. The predicted molar refractivity (Wildman–Crippen MR) is 181 cm³/mol. The van der Waals surface area contributed by atoms with Crippen LogP contribution in [0.5, 0.6) is 0 Å². The molecule has 0 saturated carbocycles. The first-order chi connectivity index (χ1) is 28.1. The Bertz CT molecular complexity index is 3430. The number of fused-ring (bicyclic) bond motifs is 9. The van der Waals surface area contributed by atoms with E-state index in [9.17, 15) is 0 Å². The van der Waals surface area contributed by atoms with Crippen LogP contribution in [0, 0.1) is 0 Å². The van der Waals surface area contributed by atoms with Gasteiger partial charge in [-0.25, -0.2) is 0 Å². The van der Waals surface area contributed by atoms with E-state index in [1.165, 1.54) is 4.57 Å². The van der Waals surface area contributed by atoms with Gasteiger partial charge in [0.05, 0.1) is 41.3 Å². The van der Waals surface area contributed by atoms with Crippen molar-refractivity contribution in [2.75, 3.05) is 0 Å². The van der Waals surface area contributed by atoms with E-state index in [0.717, 1.165) is 27.5 Å². The minimum absolute atomic E-state index is 0.0718. The standard InChI is InChI=1S/C39H23N5O/c1-6-16-31-25(11-1)26-12-2-7-17-32(26)43(31)38-40-37(24-21-22-30-29-15-5-10-20-35(29)45-36(30)23-24)41-39(42-38)44-33-18-8-3-13-27(33)28-14-4-9-19-34(28)44/h1-23H/i1D,2D,3D,4D,6D,7D,11D,12D,13D,14D,16D,17D,18D,19D. The van der Waals surface area contributed by atoms with Gasteiger partial charge in [-0.1, -0.05) is 96.8 Å². The third-order valence-electron chi connectivity index (χ3n) is 7.81. The van der Waals surface area contributed by atoms with Crippen LogP contribution in [0.3, 0.4) is 0 Å². The Morgan fingerprint density at radius 1 is 0.467 bits per heavy atom. The summed E-state index contributed by atoms with van der Waals surface area (Å²) in [6.45, 7) is 0. The van der Waals surface area contributed by atoms with Gasteiger partial charge in [-0.3, -0.25) is 9.13 Å². The Morgan fingerprint density at radius 2 is 1.00 bits per heavy atom. The molecule has 0 aliphatic rings.